The maximum absolute atomic E-state index is 12.8. The van der Waals surface area contributed by atoms with Crippen LogP contribution in [-0.4, -0.2) is 58.4 Å². The van der Waals surface area contributed by atoms with E-state index in [-0.39, 0.29) is 24.8 Å². The fraction of sp³-hybridized carbons (Fsp3) is 0.242. The predicted octanol–water partition coefficient (Wildman–Crippen LogP) is 4.84. The standard InChI is InChI=1S/C33H33N5O5/c1-23-7-8-24(2)38(23)26-9-11-27(12-10-26)42-22-28-13-14-31(43-28)33(40)35-34-19-25-20-37(30-6-4-3-5-29(25)30)21-32(39)36-15-17-41-18-16-36/h3-14,19-20H,15-18,21-22H2,1-2H3,(H,35,40)/b34-19+. The van der Waals surface area contributed by atoms with Crippen LogP contribution in [0.1, 0.15) is 33.3 Å². The highest BCUT2D eigenvalue weighted by molar-refractivity contribution is 6.00. The van der Waals surface area contributed by atoms with E-state index in [2.05, 4.69) is 41.1 Å². The number of benzene rings is 2. The number of aryl methyl sites for hydroxylation is 2. The molecule has 0 aliphatic carbocycles. The Labute approximate surface area is 249 Å². The van der Waals surface area contributed by atoms with Crippen molar-refractivity contribution in [2.75, 3.05) is 26.3 Å². The number of hydrogen-bond acceptors (Lipinski definition) is 6. The molecule has 2 amide bonds. The number of carbonyl (C=O) groups is 2. The van der Waals surface area contributed by atoms with Gasteiger partial charge < -0.3 is 27.9 Å². The molecule has 6 rings (SSSR count). The number of nitrogens with zero attached hydrogens (tertiary/aromatic N) is 4. The Balaban J connectivity index is 1.05. The lowest BCUT2D eigenvalue weighted by Gasteiger charge is -2.27. The smallest absolute Gasteiger partial charge is 0.307 e. The summed E-state index contributed by atoms with van der Waals surface area (Å²) in [4.78, 5) is 27.3. The SMILES string of the molecule is Cc1ccc(C)n1-c1ccc(OCc2ccc(C(=O)N/N=C/c3cn(CC(=O)N4CCOCC4)c4ccccc34)o2)cc1. The van der Waals surface area contributed by atoms with Crippen molar-refractivity contribution in [2.24, 2.45) is 5.10 Å². The molecule has 0 unspecified atom stereocenters. The third kappa shape index (κ3) is 6.24. The zero-order valence-electron chi connectivity index (χ0n) is 24.2. The Morgan fingerprint density at radius 1 is 0.953 bits per heavy atom. The van der Waals surface area contributed by atoms with Gasteiger partial charge in [-0.1, -0.05) is 18.2 Å². The molecule has 220 valence electrons. The maximum Gasteiger partial charge on any atom is 0.307 e. The second-order valence-electron chi connectivity index (χ2n) is 10.4. The molecule has 3 aromatic heterocycles. The van der Waals surface area contributed by atoms with E-state index in [1.54, 1.807) is 18.3 Å². The summed E-state index contributed by atoms with van der Waals surface area (Å²) >= 11 is 0. The van der Waals surface area contributed by atoms with E-state index in [4.69, 9.17) is 13.9 Å². The Morgan fingerprint density at radius 2 is 1.70 bits per heavy atom. The molecule has 0 radical (unpaired) electrons. The first-order valence-electron chi connectivity index (χ1n) is 14.2. The fourth-order valence-corrected chi connectivity index (χ4v) is 5.28. The van der Waals surface area contributed by atoms with Gasteiger partial charge in [-0.15, -0.1) is 0 Å². The molecule has 10 heteroatoms. The predicted molar refractivity (Wildman–Crippen MR) is 163 cm³/mol. The van der Waals surface area contributed by atoms with Crippen molar-refractivity contribution in [1.29, 1.82) is 0 Å². The van der Waals surface area contributed by atoms with Gasteiger partial charge in [0.1, 0.15) is 24.7 Å². The number of hydrazone groups is 1. The van der Waals surface area contributed by atoms with Gasteiger partial charge in [-0.3, -0.25) is 9.59 Å². The number of hydrogen-bond donors (Lipinski definition) is 1. The zero-order chi connectivity index (χ0) is 29.8. The number of rotatable bonds is 9. The van der Waals surface area contributed by atoms with Gasteiger partial charge in [0.2, 0.25) is 5.91 Å². The van der Waals surface area contributed by atoms with Crippen LogP contribution in [-0.2, 0) is 22.7 Å². The second kappa shape index (κ2) is 12.4. The number of fused-ring (bicyclic) bond motifs is 1. The highest BCUT2D eigenvalue weighted by atomic mass is 16.5. The van der Waals surface area contributed by atoms with E-state index >= 15 is 0 Å². The summed E-state index contributed by atoms with van der Waals surface area (Å²) < 4.78 is 21.0. The monoisotopic (exact) mass is 579 g/mol. The van der Waals surface area contributed by atoms with Crippen LogP contribution in [0.3, 0.4) is 0 Å². The third-order valence-electron chi connectivity index (χ3n) is 7.49. The van der Waals surface area contributed by atoms with Crippen LogP contribution in [0.4, 0.5) is 0 Å². The molecule has 1 fully saturated rings. The van der Waals surface area contributed by atoms with E-state index in [9.17, 15) is 9.59 Å². The van der Waals surface area contributed by atoms with Crippen molar-refractivity contribution in [3.05, 3.63) is 107 Å². The summed E-state index contributed by atoms with van der Waals surface area (Å²) in [5.74, 6) is 0.906. The van der Waals surface area contributed by atoms with Crippen LogP contribution in [0.25, 0.3) is 16.6 Å². The largest absolute Gasteiger partial charge is 0.486 e. The number of carbonyl (C=O) groups excluding carboxylic acids is 2. The minimum Gasteiger partial charge on any atom is -0.486 e. The van der Waals surface area contributed by atoms with Crippen LogP contribution in [0.15, 0.2) is 88.5 Å². The lowest BCUT2D eigenvalue weighted by Crippen LogP contribution is -2.42. The minimum absolute atomic E-state index is 0.0394. The van der Waals surface area contributed by atoms with Crippen LogP contribution < -0.4 is 10.2 Å². The van der Waals surface area contributed by atoms with Gasteiger partial charge in [0.05, 0.1) is 19.4 Å². The molecule has 1 aliphatic heterocycles. The molecule has 43 heavy (non-hydrogen) atoms. The summed E-state index contributed by atoms with van der Waals surface area (Å²) in [5, 5.41) is 5.08. The van der Waals surface area contributed by atoms with E-state index in [1.165, 1.54) is 11.4 Å². The van der Waals surface area contributed by atoms with Gasteiger partial charge in [-0.05, 0) is 68.4 Å². The zero-order valence-corrected chi connectivity index (χ0v) is 24.2. The van der Waals surface area contributed by atoms with Crippen molar-refractivity contribution in [2.45, 2.75) is 27.0 Å². The van der Waals surface area contributed by atoms with Crippen molar-refractivity contribution in [3.8, 4) is 11.4 Å². The van der Waals surface area contributed by atoms with Gasteiger partial charge in [-0.25, -0.2) is 5.43 Å². The second-order valence-corrected chi connectivity index (χ2v) is 10.4. The number of aromatic nitrogens is 2. The average Bonchev–Trinajstić information content (AvgIpc) is 3.74. The summed E-state index contributed by atoms with van der Waals surface area (Å²) in [6, 6.07) is 23.1. The quantitative estimate of drug-likeness (QED) is 0.199. The lowest BCUT2D eigenvalue weighted by molar-refractivity contribution is -0.135. The Hall–Kier alpha value is -5.09. The van der Waals surface area contributed by atoms with Crippen LogP contribution in [0.5, 0.6) is 5.75 Å². The van der Waals surface area contributed by atoms with E-state index in [1.807, 2.05) is 64.2 Å². The number of morpholine rings is 1. The molecule has 5 aromatic rings. The third-order valence-corrected chi connectivity index (χ3v) is 7.49. The highest BCUT2D eigenvalue weighted by Gasteiger charge is 2.18. The van der Waals surface area contributed by atoms with Gasteiger partial charge in [0.25, 0.3) is 0 Å². The fourth-order valence-electron chi connectivity index (χ4n) is 5.28. The van der Waals surface area contributed by atoms with Gasteiger partial charge >= 0.3 is 5.91 Å². The molecule has 0 atom stereocenters. The summed E-state index contributed by atoms with van der Waals surface area (Å²) in [6.45, 7) is 6.86. The molecule has 0 spiro atoms. The van der Waals surface area contributed by atoms with Gasteiger partial charge in [0, 0.05) is 52.8 Å². The summed E-state index contributed by atoms with van der Waals surface area (Å²) in [7, 11) is 0. The van der Waals surface area contributed by atoms with E-state index < -0.39 is 5.91 Å². The first-order chi connectivity index (χ1) is 21.0. The Bertz CT molecular complexity index is 1750. The van der Waals surface area contributed by atoms with Gasteiger partial charge in [-0.2, -0.15) is 5.10 Å². The first kappa shape index (κ1) is 28.0. The normalized spacial score (nSPS) is 13.6. The molecule has 0 bridgehead atoms. The molecule has 1 aliphatic rings. The molecule has 1 N–H and O–H groups in total. The van der Waals surface area contributed by atoms with Crippen LogP contribution >= 0.6 is 0 Å². The lowest BCUT2D eigenvalue weighted by atomic mass is 10.2. The maximum atomic E-state index is 12.8. The highest BCUT2D eigenvalue weighted by Crippen LogP contribution is 2.22. The molecule has 10 nitrogen and oxygen atoms in total. The van der Waals surface area contributed by atoms with E-state index in [0.717, 1.165) is 22.2 Å². The van der Waals surface area contributed by atoms with Crippen LogP contribution in [0, 0.1) is 13.8 Å². The Morgan fingerprint density at radius 3 is 2.47 bits per heavy atom. The summed E-state index contributed by atoms with van der Waals surface area (Å²) in [6.07, 6.45) is 3.44. The molecule has 4 heterocycles. The number of amides is 2. The number of furan rings is 1. The number of para-hydroxylation sites is 1. The Kier molecular flexibility index (Phi) is 8.10. The average molecular weight is 580 g/mol. The first-order valence-corrected chi connectivity index (χ1v) is 14.2. The van der Waals surface area contributed by atoms with E-state index in [0.29, 0.717) is 37.8 Å². The van der Waals surface area contributed by atoms with Gasteiger partial charge in [0.15, 0.2) is 5.76 Å². The van der Waals surface area contributed by atoms with Crippen molar-refractivity contribution in [1.82, 2.24) is 19.5 Å². The van der Waals surface area contributed by atoms with Crippen molar-refractivity contribution < 1.29 is 23.5 Å². The topological polar surface area (TPSA) is 103 Å². The molecular weight excluding hydrogens is 546 g/mol. The van der Waals surface area contributed by atoms with Crippen LogP contribution in [0.2, 0.25) is 0 Å². The molecular formula is C33H33N5O5. The molecule has 1 saturated heterocycles. The number of nitrogens with one attached hydrogen (secondary N) is 1. The van der Waals surface area contributed by atoms with Crippen molar-refractivity contribution in [3.63, 3.8) is 0 Å². The van der Waals surface area contributed by atoms with Crippen molar-refractivity contribution >= 4 is 28.9 Å². The number of ether oxygens (including phenoxy) is 2. The summed E-state index contributed by atoms with van der Waals surface area (Å²) in [5.41, 5.74) is 7.62. The minimum atomic E-state index is -0.476. The molecule has 2 aromatic carbocycles. The molecule has 0 saturated carbocycles.